The predicted molar refractivity (Wildman–Crippen MR) is 177 cm³/mol. The third-order valence-electron chi connectivity index (χ3n) is 9.93. The van der Waals surface area contributed by atoms with Crippen molar-refractivity contribution < 1.29 is 93.2 Å². The van der Waals surface area contributed by atoms with E-state index in [1.54, 1.807) is 3.27 Å². The molecule has 5 aromatic rings. The molecule has 2 unspecified atom stereocenters. The zero-order valence-corrected chi connectivity index (χ0v) is 35.5. The van der Waals surface area contributed by atoms with Gasteiger partial charge in [0.1, 0.15) is 0 Å². The summed E-state index contributed by atoms with van der Waals surface area (Å²) in [6.07, 6.45) is 5.04. The minimum absolute atomic E-state index is 0. The molecule has 7 rings (SSSR count). The number of allylic oxidation sites excluding steroid dienone is 2. The average molecular weight is 857 g/mol. The van der Waals surface area contributed by atoms with Gasteiger partial charge < -0.3 is 49.6 Å². The van der Waals surface area contributed by atoms with Crippen LogP contribution in [0.15, 0.2) is 139 Å². The Morgan fingerprint density at radius 3 is 1.20 bits per heavy atom. The van der Waals surface area contributed by atoms with Crippen molar-refractivity contribution in [1.29, 1.82) is 0 Å². The summed E-state index contributed by atoms with van der Waals surface area (Å²) < 4.78 is 5.21. The maximum absolute atomic E-state index is 4.04. The van der Waals surface area contributed by atoms with Crippen LogP contribution in [0.25, 0.3) is 34.4 Å². The van der Waals surface area contributed by atoms with E-state index >= 15 is 0 Å². The van der Waals surface area contributed by atoms with E-state index in [-0.39, 0.29) is 75.8 Å². The first-order valence-electron chi connectivity index (χ1n) is 14.7. The van der Waals surface area contributed by atoms with E-state index in [1.165, 1.54) is 55.7 Å². The minimum Gasteiger partial charge on any atom is -1.00 e. The molecule has 0 bridgehead atoms. The van der Waals surface area contributed by atoms with Crippen molar-refractivity contribution in [2.45, 2.75) is 25.7 Å². The zero-order valence-electron chi connectivity index (χ0n) is 26.2. The second kappa shape index (κ2) is 16.0. The van der Waals surface area contributed by atoms with Crippen molar-refractivity contribution in [2.24, 2.45) is 0 Å². The molecule has 0 radical (unpaired) electrons. The Balaban J connectivity index is 0.00000147. The molecule has 7 heteroatoms. The third-order valence-corrected chi connectivity index (χ3v) is 33.7. The Morgan fingerprint density at radius 1 is 0.478 bits per heavy atom. The van der Waals surface area contributed by atoms with E-state index < -0.39 is 17.4 Å². The van der Waals surface area contributed by atoms with Crippen molar-refractivity contribution in [3.63, 3.8) is 0 Å². The van der Waals surface area contributed by atoms with E-state index in [4.69, 9.17) is 0 Å². The van der Waals surface area contributed by atoms with E-state index in [0.717, 1.165) is 0 Å². The summed E-state index contributed by atoms with van der Waals surface area (Å²) in [5, 5.41) is 0. The van der Waals surface area contributed by atoms with Crippen LogP contribution in [-0.2, 0) is 43.6 Å². The van der Waals surface area contributed by atoms with Crippen LogP contribution in [0, 0.1) is 0 Å². The van der Waals surface area contributed by atoms with Crippen LogP contribution in [0.3, 0.4) is 0 Å². The molecule has 0 spiro atoms. The van der Waals surface area contributed by atoms with Gasteiger partial charge >= 0.3 is 275 Å². The second-order valence-electron chi connectivity index (χ2n) is 12.6. The Hall–Kier alpha value is -1.28. The van der Waals surface area contributed by atoms with E-state index in [1.807, 2.05) is 0 Å². The molecule has 0 fully saturated rings. The molecular formula is C39H36Cl4SiZr2. The van der Waals surface area contributed by atoms with Crippen molar-refractivity contribution >= 4 is 22.3 Å². The normalized spacial score (nSPS) is 16.0. The second-order valence-corrected chi connectivity index (χ2v) is 38.9. The fourth-order valence-corrected chi connectivity index (χ4v) is 33.6. The Labute approximate surface area is 320 Å². The van der Waals surface area contributed by atoms with Crippen LogP contribution in [0.5, 0.6) is 0 Å². The number of halogens is 4. The smallest absolute Gasteiger partial charge is 1.00 e. The number of hydrogen-bond acceptors (Lipinski definition) is 0. The first-order valence-corrected chi connectivity index (χ1v) is 27.2. The average Bonchev–Trinajstić information content (AvgIpc) is 3.55. The molecule has 0 amide bonds. The largest absolute Gasteiger partial charge is 4.00 e. The summed E-state index contributed by atoms with van der Waals surface area (Å²) >= 11 is -4.04. The number of benzene rings is 5. The molecule has 0 nitrogen and oxygen atoms in total. The quantitative estimate of drug-likeness (QED) is 0.169. The molecule has 46 heavy (non-hydrogen) atoms. The van der Waals surface area contributed by atoms with Crippen LogP contribution in [0.1, 0.15) is 43.4 Å². The summed E-state index contributed by atoms with van der Waals surface area (Å²) in [6, 6.07) is 47.5. The van der Waals surface area contributed by atoms with E-state index in [2.05, 4.69) is 165 Å². The molecule has 0 saturated heterocycles. The molecule has 0 N–H and O–H groups in total. The fourth-order valence-electron chi connectivity index (χ4n) is 8.39. The van der Waals surface area contributed by atoms with Gasteiger partial charge in [-0.2, -0.15) is 0 Å². The summed E-state index contributed by atoms with van der Waals surface area (Å²) in [4.78, 5) is 0. The van der Waals surface area contributed by atoms with Crippen molar-refractivity contribution in [1.82, 2.24) is 0 Å². The first-order chi connectivity index (χ1) is 19.9. The fraction of sp³-hybridized carbons (Fsp3) is 0.128. The van der Waals surface area contributed by atoms with Gasteiger partial charge in [-0.3, -0.25) is 0 Å². The van der Waals surface area contributed by atoms with Gasteiger partial charge in [-0.05, 0) is 0 Å². The van der Waals surface area contributed by atoms with Gasteiger partial charge in [0.05, 0.1) is 0 Å². The van der Waals surface area contributed by atoms with Gasteiger partial charge in [-0.15, -0.1) is 0 Å². The Morgan fingerprint density at radius 2 is 0.826 bits per heavy atom. The summed E-state index contributed by atoms with van der Waals surface area (Å²) in [7, 11) is 0. The van der Waals surface area contributed by atoms with Crippen LogP contribution in [0.2, 0.25) is 4.63 Å². The SMILES string of the molecule is CC1=Cc2c(-c3ccccc3)cccc2[CH]1[Zr]([CH3])(=[SiH2])([c]1ccccc1)[CH]1C(C)=Cc2c(-c3ccccc3)cccc21.[Cl-].[Cl-].[Cl-].[Cl-].[Zr+4]. The van der Waals surface area contributed by atoms with Gasteiger partial charge in [0.25, 0.3) is 0 Å². The first kappa shape index (κ1) is 40.9. The van der Waals surface area contributed by atoms with E-state index in [0.29, 0.717) is 7.25 Å². The topological polar surface area (TPSA) is 0 Å². The van der Waals surface area contributed by atoms with Gasteiger partial charge in [-0.1, -0.05) is 0 Å². The molecule has 0 saturated carbocycles. The minimum atomic E-state index is -4.04. The van der Waals surface area contributed by atoms with Crippen LogP contribution in [0.4, 0.5) is 0 Å². The molecular weight excluding hydrogens is 821 g/mol. The van der Waals surface area contributed by atoms with Gasteiger partial charge in [-0.25, -0.2) is 0 Å². The van der Waals surface area contributed by atoms with Crippen molar-refractivity contribution in [3.8, 4) is 22.3 Å². The van der Waals surface area contributed by atoms with Crippen LogP contribution >= 0.6 is 0 Å². The van der Waals surface area contributed by atoms with Crippen molar-refractivity contribution in [3.05, 3.63) is 161 Å². The number of rotatable bonds is 5. The standard InChI is InChI=1S/2C16H13.C6H5.CH3.4ClH.H2Si.2Zr/c2*1-12-10-14-8-5-9-15(16(14)11-12)13-6-3-2-4-7-13;1-2-4-6-5-3-1;;;;;;;;/h2*2-11H,1H3;1-5H;1H3;4*1H;1H2;;/q;;;;;;;;;;+4/p-4. The number of fused-ring (bicyclic) bond motifs is 2. The summed E-state index contributed by atoms with van der Waals surface area (Å²) in [5.74, 6) is 0. The predicted octanol–water partition coefficient (Wildman–Crippen LogP) is -2.74. The number of hydrogen-bond donors (Lipinski definition) is 0. The molecule has 0 aliphatic heterocycles. The maximum Gasteiger partial charge on any atom is 4.00 e. The molecule has 2 atom stereocenters. The Bertz CT molecular complexity index is 1820. The summed E-state index contributed by atoms with van der Waals surface area (Å²) in [5.41, 5.74) is 14.2. The molecule has 2 aliphatic carbocycles. The van der Waals surface area contributed by atoms with Crippen LogP contribution < -0.4 is 52.9 Å². The van der Waals surface area contributed by atoms with E-state index in [9.17, 15) is 0 Å². The molecule has 2 aliphatic rings. The maximum atomic E-state index is 2.76. The molecule has 232 valence electrons. The molecule has 0 heterocycles. The molecule has 5 aromatic carbocycles. The van der Waals surface area contributed by atoms with Crippen LogP contribution in [-0.4, -0.2) is 6.88 Å². The molecule has 0 aromatic heterocycles. The van der Waals surface area contributed by atoms with Gasteiger partial charge in [0.2, 0.25) is 0 Å². The summed E-state index contributed by atoms with van der Waals surface area (Å²) in [6.45, 7) is 7.24. The zero-order chi connectivity index (χ0) is 28.2. The monoisotopic (exact) mass is 852 g/mol. The van der Waals surface area contributed by atoms with Gasteiger partial charge in [0, 0.05) is 0 Å². The Kier molecular flexibility index (Phi) is 14.2. The third kappa shape index (κ3) is 6.53. The van der Waals surface area contributed by atoms with Gasteiger partial charge in [0.15, 0.2) is 0 Å². The van der Waals surface area contributed by atoms with Crippen molar-refractivity contribution in [2.75, 3.05) is 0 Å².